The van der Waals surface area contributed by atoms with Gasteiger partial charge in [-0.3, -0.25) is 9.36 Å². The van der Waals surface area contributed by atoms with Gasteiger partial charge in [0.15, 0.2) is 16.3 Å². The fourth-order valence-electron chi connectivity index (χ4n) is 4.77. The molecule has 0 aliphatic carbocycles. The molecule has 0 spiro atoms. The molecule has 0 unspecified atom stereocenters. The molecule has 1 aliphatic rings. The first-order valence-corrected chi connectivity index (χ1v) is 13.9. The van der Waals surface area contributed by atoms with Crippen LogP contribution in [0.1, 0.15) is 55.0 Å². The molecule has 1 N–H and O–H groups in total. The highest BCUT2D eigenvalue weighted by Crippen LogP contribution is 2.35. The van der Waals surface area contributed by atoms with E-state index in [1.54, 1.807) is 35.8 Å². The highest BCUT2D eigenvalue weighted by Gasteiger charge is 2.35. The average Bonchev–Trinajstić information content (AvgIpc) is 3.27. The Morgan fingerprint density at radius 1 is 1.10 bits per heavy atom. The fraction of sp³-hybridized carbons (Fsp3) is 0.219. The van der Waals surface area contributed by atoms with Gasteiger partial charge in [0.2, 0.25) is 0 Å². The highest BCUT2D eigenvalue weighted by molar-refractivity contribution is 7.07. The van der Waals surface area contributed by atoms with Gasteiger partial charge in [0.05, 0.1) is 35.6 Å². The number of benzene rings is 3. The van der Waals surface area contributed by atoms with E-state index in [4.69, 9.17) is 14.5 Å². The molecule has 0 fully saturated rings. The third kappa shape index (κ3) is 5.10. The molecule has 204 valence electrons. The maximum Gasteiger partial charge on any atom is 0.338 e. The van der Waals surface area contributed by atoms with Crippen molar-refractivity contribution in [2.75, 3.05) is 13.7 Å². The molecule has 7 nitrogen and oxygen atoms in total. The van der Waals surface area contributed by atoms with E-state index in [9.17, 15) is 14.7 Å². The van der Waals surface area contributed by atoms with Gasteiger partial charge in [-0.2, -0.15) is 0 Å². The Bertz CT molecular complexity index is 1770. The van der Waals surface area contributed by atoms with Crippen molar-refractivity contribution < 1.29 is 19.4 Å². The van der Waals surface area contributed by atoms with Crippen molar-refractivity contribution in [3.8, 4) is 11.5 Å². The van der Waals surface area contributed by atoms with Crippen LogP contribution in [0.2, 0.25) is 0 Å². The lowest BCUT2D eigenvalue weighted by Crippen LogP contribution is -2.40. The molecule has 40 heavy (non-hydrogen) atoms. The van der Waals surface area contributed by atoms with E-state index < -0.39 is 12.0 Å². The first kappa shape index (κ1) is 27.1. The quantitative estimate of drug-likeness (QED) is 0.333. The molecule has 4 aromatic rings. The van der Waals surface area contributed by atoms with E-state index in [2.05, 4.69) is 13.8 Å². The van der Waals surface area contributed by atoms with Crippen molar-refractivity contribution in [1.29, 1.82) is 0 Å². The van der Waals surface area contributed by atoms with Gasteiger partial charge in [-0.15, -0.1) is 0 Å². The number of hydrogen-bond acceptors (Lipinski definition) is 7. The fourth-order valence-corrected chi connectivity index (χ4v) is 5.77. The van der Waals surface area contributed by atoms with Crippen LogP contribution in [0.4, 0.5) is 0 Å². The molecule has 0 amide bonds. The van der Waals surface area contributed by atoms with E-state index in [1.807, 2.05) is 54.6 Å². The van der Waals surface area contributed by atoms with Crippen LogP contribution in [-0.4, -0.2) is 29.4 Å². The minimum Gasteiger partial charge on any atom is -0.504 e. The zero-order valence-electron chi connectivity index (χ0n) is 22.8. The lowest BCUT2D eigenvalue weighted by molar-refractivity contribution is -0.138. The number of hydrogen-bond donors (Lipinski definition) is 1. The maximum atomic E-state index is 14.0. The Labute approximate surface area is 236 Å². The van der Waals surface area contributed by atoms with Gasteiger partial charge in [0, 0.05) is 5.56 Å². The minimum absolute atomic E-state index is 0.0249. The summed E-state index contributed by atoms with van der Waals surface area (Å²) in [6.45, 7) is 6.18. The number of methoxy groups -OCH3 is 1. The molecule has 1 atom stereocenters. The Morgan fingerprint density at radius 2 is 1.82 bits per heavy atom. The molecule has 5 rings (SSSR count). The van der Waals surface area contributed by atoms with Crippen LogP contribution in [0.5, 0.6) is 11.5 Å². The summed E-state index contributed by atoms with van der Waals surface area (Å²) in [6, 6.07) is 21.7. The predicted octanol–water partition coefficient (Wildman–Crippen LogP) is 4.77. The van der Waals surface area contributed by atoms with Crippen LogP contribution < -0.4 is 19.6 Å². The van der Waals surface area contributed by atoms with Crippen molar-refractivity contribution in [2.24, 2.45) is 4.99 Å². The van der Waals surface area contributed by atoms with Crippen molar-refractivity contribution in [3.63, 3.8) is 0 Å². The number of aromatic hydroxyl groups is 1. The topological polar surface area (TPSA) is 90.1 Å². The van der Waals surface area contributed by atoms with Gasteiger partial charge in [0.1, 0.15) is 0 Å². The normalized spacial score (nSPS) is 15.1. The van der Waals surface area contributed by atoms with Crippen molar-refractivity contribution in [1.82, 2.24) is 4.57 Å². The SMILES string of the molecule is CCOC(=O)C1=C(c2ccccc2)N=c2s/c(=C\c3ccc(OC)c(O)c3)c(=O)n2[C@@H]1c1ccc(C(C)C)cc1. The second kappa shape index (κ2) is 11.4. The number of nitrogens with zero attached hydrogens (tertiary/aromatic N) is 2. The van der Waals surface area contributed by atoms with Crippen LogP contribution in [0.3, 0.4) is 0 Å². The standard InChI is InChI=1S/C32H30N2O5S/c1-5-39-31(37)27-28(22-9-7-6-8-10-22)33-32-34(29(27)23-14-12-21(13-15-23)19(2)3)30(36)26(40-32)18-20-11-16-25(38-4)24(35)17-20/h6-19,29,35H,5H2,1-4H3/b26-18-/t29-/m1/s1. The lowest BCUT2D eigenvalue weighted by Gasteiger charge is -2.26. The number of esters is 1. The summed E-state index contributed by atoms with van der Waals surface area (Å²) in [5.41, 5.74) is 3.83. The minimum atomic E-state index is -0.738. The van der Waals surface area contributed by atoms with Crippen LogP contribution in [0, 0.1) is 0 Å². The third-order valence-corrected chi connectivity index (χ3v) is 7.78. The number of thiazole rings is 1. The van der Waals surface area contributed by atoms with Crippen molar-refractivity contribution >= 4 is 29.1 Å². The first-order valence-electron chi connectivity index (χ1n) is 13.1. The average molecular weight is 555 g/mol. The number of carbonyl (C=O) groups is 1. The van der Waals surface area contributed by atoms with E-state index in [-0.39, 0.29) is 17.9 Å². The van der Waals surface area contributed by atoms with Crippen molar-refractivity contribution in [2.45, 2.75) is 32.7 Å². The number of carbonyl (C=O) groups excluding carboxylic acids is 1. The second-order valence-electron chi connectivity index (χ2n) is 9.68. The number of ether oxygens (including phenoxy) is 2. The smallest absolute Gasteiger partial charge is 0.338 e. The summed E-state index contributed by atoms with van der Waals surface area (Å²) in [4.78, 5) is 32.9. The summed E-state index contributed by atoms with van der Waals surface area (Å²) in [6.07, 6.45) is 1.71. The zero-order valence-corrected chi connectivity index (χ0v) is 23.6. The van der Waals surface area contributed by atoms with Gasteiger partial charge in [0.25, 0.3) is 5.56 Å². The molecule has 2 heterocycles. The molecular formula is C32H30N2O5S. The number of fused-ring (bicyclic) bond motifs is 1. The molecule has 8 heteroatoms. The number of phenolic OH excluding ortho intramolecular Hbond substituents is 1. The zero-order chi connectivity index (χ0) is 28.4. The Hall–Kier alpha value is -4.43. The Balaban J connectivity index is 1.79. The lowest BCUT2D eigenvalue weighted by atomic mass is 9.91. The molecule has 0 saturated heterocycles. The summed E-state index contributed by atoms with van der Waals surface area (Å²) < 4.78 is 12.7. The molecular weight excluding hydrogens is 524 g/mol. The van der Waals surface area contributed by atoms with E-state index in [1.165, 1.54) is 18.4 Å². The number of phenols is 1. The molecule has 0 saturated carbocycles. The molecule has 1 aromatic heterocycles. The molecule has 3 aromatic carbocycles. The summed E-state index contributed by atoms with van der Waals surface area (Å²) in [5, 5.41) is 10.3. The van der Waals surface area contributed by atoms with Crippen LogP contribution in [-0.2, 0) is 9.53 Å². The van der Waals surface area contributed by atoms with Gasteiger partial charge in [-0.05, 0) is 47.7 Å². The summed E-state index contributed by atoms with van der Waals surface area (Å²) in [7, 11) is 1.48. The molecule has 1 aliphatic heterocycles. The van der Waals surface area contributed by atoms with Gasteiger partial charge >= 0.3 is 5.97 Å². The molecule has 0 radical (unpaired) electrons. The van der Waals surface area contributed by atoms with Crippen LogP contribution in [0.25, 0.3) is 11.8 Å². The first-order chi connectivity index (χ1) is 19.3. The largest absolute Gasteiger partial charge is 0.504 e. The van der Waals surface area contributed by atoms with Gasteiger partial charge < -0.3 is 14.6 Å². The van der Waals surface area contributed by atoms with E-state index in [0.29, 0.717) is 37.8 Å². The highest BCUT2D eigenvalue weighted by atomic mass is 32.1. The van der Waals surface area contributed by atoms with Crippen molar-refractivity contribution in [3.05, 3.63) is 120 Å². The number of aromatic nitrogens is 1. The summed E-state index contributed by atoms with van der Waals surface area (Å²) >= 11 is 1.23. The van der Waals surface area contributed by atoms with Gasteiger partial charge in [-0.1, -0.05) is 85.8 Å². The molecule has 0 bridgehead atoms. The van der Waals surface area contributed by atoms with E-state index in [0.717, 1.165) is 16.7 Å². The maximum absolute atomic E-state index is 14.0. The number of rotatable bonds is 7. The Morgan fingerprint density at radius 3 is 2.45 bits per heavy atom. The van der Waals surface area contributed by atoms with E-state index >= 15 is 0 Å². The summed E-state index contributed by atoms with van der Waals surface area (Å²) in [5.74, 6) is 0.132. The second-order valence-corrected chi connectivity index (χ2v) is 10.7. The van der Waals surface area contributed by atoms with Crippen LogP contribution in [0.15, 0.2) is 88.2 Å². The third-order valence-electron chi connectivity index (χ3n) is 6.79. The predicted molar refractivity (Wildman–Crippen MR) is 156 cm³/mol. The van der Waals surface area contributed by atoms with Gasteiger partial charge in [-0.25, -0.2) is 9.79 Å². The Kier molecular flexibility index (Phi) is 7.71. The monoisotopic (exact) mass is 554 g/mol. The van der Waals surface area contributed by atoms with Crippen LogP contribution >= 0.6 is 11.3 Å².